The van der Waals surface area contributed by atoms with E-state index < -0.39 is 0 Å². The molecule has 3 aromatic rings. The number of rotatable bonds is 4. The minimum Gasteiger partial charge on any atom is -0.486 e. The van der Waals surface area contributed by atoms with Gasteiger partial charge in [0.25, 0.3) is 0 Å². The molecule has 0 unspecified atom stereocenters. The summed E-state index contributed by atoms with van der Waals surface area (Å²) in [6.45, 7) is 5.79. The van der Waals surface area contributed by atoms with E-state index in [0.29, 0.717) is 6.61 Å². The van der Waals surface area contributed by atoms with Crippen molar-refractivity contribution in [3.05, 3.63) is 60.0 Å². The Morgan fingerprint density at radius 2 is 2.10 bits per heavy atom. The zero-order valence-electron chi connectivity index (χ0n) is 11.8. The molecular weight excluding hydrogens is 248 g/mol. The topological polar surface area (TPSA) is 27.1 Å². The van der Waals surface area contributed by atoms with Gasteiger partial charge >= 0.3 is 0 Å². The molecule has 0 bridgehead atoms. The third-order valence-corrected chi connectivity index (χ3v) is 3.48. The van der Waals surface area contributed by atoms with Crippen LogP contribution in [-0.4, -0.2) is 9.55 Å². The monoisotopic (exact) mass is 266 g/mol. The summed E-state index contributed by atoms with van der Waals surface area (Å²) in [6, 6.07) is 12.6. The Morgan fingerprint density at radius 3 is 2.85 bits per heavy atom. The second kappa shape index (κ2) is 5.37. The lowest BCUT2D eigenvalue weighted by Gasteiger charge is -2.09. The number of aryl methyl sites for hydroxylation is 2. The Kier molecular flexibility index (Phi) is 3.42. The molecule has 0 aliphatic carbocycles. The van der Waals surface area contributed by atoms with Crippen molar-refractivity contribution in [1.82, 2.24) is 9.55 Å². The first-order chi connectivity index (χ1) is 9.78. The average molecular weight is 266 g/mol. The van der Waals surface area contributed by atoms with E-state index in [1.54, 1.807) is 12.4 Å². The molecule has 0 saturated carbocycles. The predicted molar refractivity (Wildman–Crippen MR) is 80.9 cm³/mol. The van der Waals surface area contributed by atoms with Gasteiger partial charge in [0.2, 0.25) is 0 Å². The van der Waals surface area contributed by atoms with Gasteiger partial charge in [0, 0.05) is 23.6 Å². The molecule has 0 radical (unpaired) electrons. The van der Waals surface area contributed by atoms with Gasteiger partial charge in [-0.1, -0.05) is 12.1 Å². The maximum absolute atomic E-state index is 5.81. The summed E-state index contributed by atoms with van der Waals surface area (Å²) in [5, 5.41) is 1.27. The summed E-state index contributed by atoms with van der Waals surface area (Å²) < 4.78 is 8.12. The highest BCUT2D eigenvalue weighted by Crippen LogP contribution is 2.22. The van der Waals surface area contributed by atoms with E-state index in [1.807, 2.05) is 12.1 Å². The van der Waals surface area contributed by atoms with Gasteiger partial charge < -0.3 is 9.30 Å². The molecule has 0 N–H and O–H groups in total. The minimum atomic E-state index is 0.563. The normalized spacial score (nSPS) is 10.9. The summed E-state index contributed by atoms with van der Waals surface area (Å²) in [4.78, 5) is 4.06. The molecule has 0 amide bonds. The van der Waals surface area contributed by atoms with Gasteiger partial charge in [-0.2, -0.15) is 0 Å². The smallest absolute Gasteiger partial charge is 0.138 e. The highest BCUT2D eigenvalue weighted by Gasteiger charge is 2.08. The van der Waals surface area contributed by atoms with Gasteiger partial charge in [-0.3, -0.25) is 4.98 Å². The van der Waals surface area contributed by atoms with Gasteiger partial charge in [0.15, 0.2) is 0 Å². The summed E-state index contributed by atoms with van der Waals surface area (Å²) in [5.74, 6) is 0.802. The van der Waals surface area contributed by atoms with Crippen LogP contribution in [0, 0.1) is 6.92 Å². The lowest BCUT2D eigenvalue weighted by atomic mass is 10.2. The SMILES string of the molecule is CCn1c(COc2cccnc2)cc2ccc(C)cc21. The molecule has 20 heavy (non-hydrogen) atoms. The Bertz CT molecular complexity index is 716. The number of nitrogens with zero attached hydrogens (tertiary/aromatic N) is 2. The largest absolute Gasteiger partial charge is 0.486 e. The zero-order valence-corrected chi connectivity index (χ0v) is 11.8. The van der Waals surface area contributed by atoms with Gasteiger partial charge in [-0.15, -0.1) is 0 Å². The second-order valence-electron chi connectivity index (χ2n) is 4.92. The molecular formula is C17H18N2O. The van der Waals surface area contributed by atoms with E-state index in [2.05, 4.69) is 47.7 Å². The van der Waals surface area contributed by atoms with Crippen molar-refractivity contribution in [2.24, 2.45) is 0 Å². The summed E-state index contributed by atoms with van der Waals surface area (Å²) in [7, 11) is 0. The van der Waals surface area contributed by atoms with E-state index in [9.17, 15) is 0 Å². The number of benzene rings is 1. The maximum Gasteiger partial charge on any atom is 0.138 e. The molecule has 0 aliphatic rings. The van der Waals surface area contributed by atoms with Crippen LogP contribution in [0.3, 0.4) is 0 Å². The Morgan fingerprint density at radius 1 is 1.20 bits per heavy atom. The van der Waals surface area contributed by atoms with Crippen LogP contribution in [0.2, 0.25) is 0 Å². The number of hydrogen-bond acceptors (Lipinski definition) is 2. The van der Waals surface area contributed by atoms with E-state index >= 15 is 0 Å². The third kappa shape index (κ3) is 2.39. The van der Waals surface area contributed by atoms with Crippen LogP contribution >= 0.6 is 0 Å². The van der Waals surface area contributed by atoms with Gasteiger partial charge in [-0.05, 0) is 43.7 Å². The van der Waals surface area contributed by atoms with Crippen LogP contribution in [0.15, 0.2) is 48.8 Å². The number of hydrogen-bond donors (Lipinski definition) is 0. The number of pyridine rings is 1. The van der Waals surface area contributed by atoms with Crippen LogP contribution in [0.1, 0.15) is 18.2 Å². The number of aromatic nitrogens is 2. The minimum absolute atomic E-state index is 0.563. The van der Waals surface area contributed by atoms with Crippen molar-refractivity contribution >= 4 is 10.9 Å². The molecule has 3 nitrogen and oxygen atoms in total. The lowest BCUT2D eigenvalue weighted by Crippen LogP contribution is -2.04. The molecule has 2 aromatic heterocycles. The zero-order chi connectivity index (χ0) is 13.9. The number of fused-ring (bicyclic) bond motifs is 1. The second-order valence-corrected chi connectivity index (χ2v) is 4.92. The van der Waals surface area contributed by atoms with Crippen LogP contribution in [0.5, 0.6) is 5.75 Å². The number of ether oxygens (including phenoxy) is 1. The summed E-state index contributed by atoms with van der Waals surface area (Å²) in [5.41, 5.74) is 3.75. The molecule has 0 atom stereocenters. The fourth-order valence-corrected chi connectivity index (χ4v) is 2.50. The van der Waals surface area contributed by atoms with E-state index in [-0.39, 0.29) is 0 Å². The molecule has 0 aliphatic heterocycles. The average Bonchev–Trinajstić information content (AvgIpc) is 2.83. The highest BCUT2D eigenvalue weighted by molar-refractivity contribution is 5.82. The van der Waals surface area contributed by atoms with Gasteiger partial charge in [0.05, 0.1) is 11.9 Å². The molecule has 2 heterocycles. The first kappa shape index (κ1) is 12.7. The van der Waals surface area contributed by atoms with Crippen LogP contribution < -0.4 is 4.74 Å². The highest BCUT2D eigenvalue weighted by atomic mass is 16.5. The van der Waals surface area contributed by atoms with Crippen molar-refractivity contribution < 1.29 is 4.74 Å². The van der Waals surface area contributed by atoms with Crippen molar-refractivity contribution in [3.8, 4) is 5.75 Å². The van der Waals surface area contributed by atoms with Crippen LogP contribution in [0.4, 0.5) is 0 Å². The van der Waals surface area contributed by atoms with Crippen molar-refractivity contribution in [1.29, 1.82) is 0 Å². The Labute approximate surface area is 118 Å². The lowest BCUT2D eigenvalue weighted by molar-refractivity contribution is 0.295. The first-order valence-corrected chi connectivity index (χ1v) is 6.89. The molecule has 1 aromatic carbocycles. The predicted octanol–water partition coefficient (Wildman–Crippen LogP) is 3.94. The molecule has 3 heteroatoms. The molecule has 3 rings (SSSR count). The molecule has 0 fully saturated rings. The van der Waals surface area contributed by atoms with Crippen molar-refractivity contribution in [3.63, 3.8) is 0 Å². The Hall–Kier alpha value is -2.29. The van der Waals surface area contributed by atoms with E-state index in [0.717, 1.165) is 12.3 Å². The van der Waals surface area contributed by atoms with Crippen LogP contribution in [0.25, 0.3) is 10.9 Å². The quantitative estimate of drug-likeness (QED) is 0.715. The Balaban J connectivity index is 1.91. The summed E-state index contributed by atoms with van der Waals surface area (Å²) >= 11 is 0. The molecule has 0 spiro atoms. The fourth-order valence-electron chi connectivity index (χ4n) is 2.50. The van der Waals surface area contributed by atoms with Gasteiger partial charge in [-0.25, -0.2) is 0 Å². The molecule has 0 saturated heterocycles. The first-order valence-electron chi connectivity index (χ1n) is 6.89. The molecule has 102 valence electrons. The fraction of sp³-hybridized carbons (Fsp3) is 0.235. The van der Waals surface area contributed by atoms with E-state index in [4.69, 9.17) is 4.74 Å². The van der Waals surface area contributed by atoms with Crippen molar-refractivity contribution in [2.45, 2.75) is 27.0 Å². The summed E-state index contributed by atoms with van der Waals surface area (Å²) in [6.07, 6.45) is 3.49. The maximum atomic E-state index is 5.81. The standard InChI is InChI=1S/C17H18N2O/c1-3-19-15(12-20-16-5-4-8-18-11-16)10-14-7-6-13(2)9-17(14)19/h4-11H,3,12H2,1-2H3. The van der Waals surface area contributed by atoms with Crippen LogP contribution in [-0.2, 0) is 13.2 Å². The van der Waals surface area contributed by atoms with E-state index in [1.165, 1.54) is 22.2 Å². The third-order valence-electron chi connectivity index (χ3n) is 3.48. The van der Waals surface area contributed by atoms with Crippen molar-refractivity contribution in [2.75, 3.05) is 0 Å². The van der Waals surface area contributed by atoms with Gasteiger partial charge in [0.1, 0.15) is 12.4 Å².